The van der Waals surface area contributed by atoms with Crippen LogP contribution < -0.4 is 0 Å². The lowest BCUT2D eigenvalue weighted by Crippen LogP contribution is -2.61. The second-order valence-electron chi connectivity index (χ2n) is 2.65. The van der Waals surface area contributed by atoms with Crippen molar-refractivity contribution in [1.82, 2.24) is 0 Å². The minimum absolute atomic E-state index is 0.170. The molecule has 0 radical (unpaired) electrons. The zero-order chi connectivity index (χ0) is 9.41. The lowest BCUT2D eigenvalue weighted by Gasteiger charge is -2.43. The Balaban J connectivity index is 2.76. The van der Waals surface area contributed by atoms with Crippen LogP contribution in [0.15, 0.2) is 12.2 Å². The Morgan fingerprint density at radius 3 is 2.25 bits per heavy atom. The molecule has 12 heavy (non-hydrogen) atoms. The van der Waals surface area contributed by atoms with Crippen LogP contribution in [0.1, 0.15) is 6.42 Å². The van der Waals surface area contributed by atoms with E-state index < -0.39 is 24.2 Å². The first-order valence-corrected chi connectivity index (χ1v) is 3.28. The van der Waals surface area contributed by atoms with Crippen LogP contribution in [-0.2, 0) is 4.79 Å². The van der Waals surface area contributed by atoms with E-state index in [2.05, 4.69) is 0 Å². The minimum atomic E-state index is -3.99. The highest BCUT2D eigenvalue weighted by molar-refractivity contribution is 5.65. The SMILES string of the molecule is O=CC=CC1(F)CC(F)C1(F)F. The smallest absolute Gasteiger partial charge is 0.299 e. The van der Waals surface area contributed by atoms with Gasteiger partial charge in [-0.15, -0.1) is 0 Å². The summed E-state index contributed by atoms with van der Waals surface area (Å²) in [6.45, 7) is 0. The minimum Gasteiger partial charge on any atom is -0.299 e. The Morgan fingerprint density at radius 2 is 1.92 bits per heavy atom. The van der Waals surface area contributed by atoms with Gasteiger partial charge in [-0.3, -0.25) is 4.79 Å². The summed E-state index contributed by atoms with van der Waals surface area (Å²) in [4.78, 5) is 9.69. The standard InChI is InChI=1S/C7H6F4O/c8-5-4-6(9,2-1-3-12)7(5,10)11/h1-3,5H,4H2. The second-order valence-corrected chi connectivity index (χ2v) is 2.65. The summed E-state index contributed by atoms with van der Waals surface area (Å²) in [5.41, 5.74) is -2.98. The van der Waals surface area contributed by atoms with Gasteiger partial charge in [-0.05, 0) is 12.2 Å². The van der Waals surface area contributed by atoms with Crippen molar-refractivity contribution in [1.29, 1.82) is 0 Å². The molecule has 1 nitrogen and oxygen atoms in total. The summed E-state index contributed by atoms with van der Waals surface area (Å²) in [5.74, 6) is -3.99. The van der Waals surface area contributed by atoms with E-state index in [1.165, 1.54) is 0 Å². The molecule has 0 aliphatic heterocycles. The highest BCUT2D eigenvalue weighted by Gasteiger charge is 2.69. The van der Waals surface area contributed by atoms with Crippen LogP contribution in [-0.4, -0.2) is 24.0 Å². The number of hydrogen-bond acceptors (Lipinski definition) is 1. The molecule has 0 aromatic carbocycles. The molecule has 1 rings (SSSR count). The van der Waals surface area contributed by atoms with Crippen molar-refractivity contribution in [2.75, 3.05) is 0 Å². The number of aldehydes is 1. The number of halogens is 4. The third kappa shape index (κ3) is 1.04. The van der Waals surface area contributed by atoms with Crippen molar-refractivity contribution >= 4 is 6.29 Å². The number of carbonyl (C=O) groups excluding carboxylic acids is 1. The normalized spacial score (nSPS) is 39.5. The van der Waals surface area contributed by atoms with Crippen LogP contribution in [0.4, 0.5) is 17.6 Å². The third-order valence-electron chi connectivity index (χ3n) is 1.86. The quantitative estimate of drug-likeness (QED) is 0.361. The molecule has 1 aliphatic rings. The van der Waals surface area contributed by atoms with E-state index in [-0.39, 0.29) is 6.29 Å². The van der Waals surface area contributed by atoms with E-state index in [9.17, 15) is 22.4 Å². The van der Waals surface area contributed by atoms with Gasteiger partial charge in [0, 0.05) is 6.42 Å². The maximum Gasteiger partial charge on any atom is 0.315 e. The van der Waals surface area contributed by atoms with Gasteiger partial charge in [-0.25, -0.2) is 8.78 Å². The van der Waals surface area contributed by atoms with Crippen LogP contribution in [0, 0.1) is 0 Å². The molecular formula is C7H6F4O. The second kappa shape index (κ2) is 2.57. The maximum atomic E-state index is 12.9. The average Bonchev–Trinajstić information content (AvgIpc) is 2.01. The summed E-state index contributed by atoms with van der Waals surface area (Å²) in [7, 11) is 0. The van der Waals surface area contributed by atoms with E-state index in [4.69, 9.17) is 0 Å². The number of allylic oxidation sites excluding steroid dienone is 2. The van der Waals surface area contributed by atoms with Crippen molar-refractivity contribution in [3.63, 3.8) is 0 Å². The summed E-state index contributed by atoms with van der Waals surface area (Å²) in [6, 6.07) is 0. The van der Waals surface area contributed by atoms with Crippen molar-refractivity contribution < 1.29 is 22.4 Å². The number of hydrogen-bond donors (Lipinski definition) is 0. The molecule has 0 aromatic heterocycles. The van der Waals surface area contributed by atoms with E-state index in [1.807, 2.05) is 0 Å². The van der Waals surface area contributed by atoms with E-state index in [0.29, 0.717) is 12.2 Å². The van der Waals surface area contributed by atoms with Gasteiger partial charge in [0.15, 0.2) is 11.8 Å². The fourth-order valence-electron chi connectivity index (χ4n) is 1.03. The Labute approximate surface area is 66.1 Å². The molecule has 1 aliphatic carbocycles. The zero-order valence-corrected chi connectivity index (χ0v) is 5.94. The Bertz CT molecular complexity index is 225. The van der Waals surface area contributed by atoms with Crippen molar-refractivity contribution in [3.05, 3.63) is 12.2 Å². The predicted molar refractivity (Wildman–Crippen MR) is 33.5 cm³/mol. The van der Waals surface area contributed by atoms with Crippen LogP contribution in [0.25, 0.3) is 0 Å². The Morgan fingerprint density at radius 1 is 1.33 bits per heavy atom. The first-order valence-electron chi connectivity index (χ1n) is 3.28. The van der Waals surface area contributed by atoms with E-state index in [0.717, 1.165) is 0 Å². The maximum absolute atomic E-state index is 12.9. The number of carbonyl (C=O) groups is 1. The molecule has 1 fully saturated rings. The molecule has 0 amide bonds. The molecule has 0 saturated heterocycles. The topological polar surface area (TPSA) is 17.1 Å². The van der Waals surface area contributed by atoms with Crippen molar-refractivity contribution in [2.45, 2.75) is 24.2 Å². The van der Waals surface area contributed by atoms with Gasteiger partial charge >= 0.3 is 5.92 Å². The zero-order valence-electron chi connectivity index (χ0n) is 5.94. The molecular weight excluding hydrogens is 176 g/mol. The average molecular weight is 182 g/mol. The third-order valence-corrected chi connectivity index (χ3v) is 1.86. The summed E-state index contributed by atoms with van der Waals surface area (Å²) in [6.07, 6.45) is -2.15. The highest BCUT2D eigenvalue weighted by atomic mass is 19.3. The monoisotopic (exact) mass is 182 g/mol. The number of alkyl halides is 4. The van der Waals surface area contributed by atoms with Crippen LogP contribution in [0.5, 0.6) is 0 Å². The summed E-state index contributed by atoms with van der Waals surface area (Å²) < 4.78 is 49.8. The van der Waals surface area contributed by atoms with E-state index in [1.54, 1.807) is 0 Å². The van der Waals surface area contributed by atoms with Gasteiger partial charge < -0.3 is 0 Å². The fourth-order valence-corrected chi connectivity index (χ4v) is 1.03. The first-order chi connectivity index (χ1) is 5.44. The van der Waals surface area contributed by atoms with Crippen LogP contribution in [0.2, 0.25) is 0 Å². The predicted octanol–water partition coefficient (Wildman–Crippen LogP) is 1.83. The van der Waals surface area contributed by atoms with Crippen molar-refractivity contribution in [3.8, 4) is 0 Å². The summed E-state index contributed by atoms with van der Waals surface area (Å²) >= 11 is 0. The van der Waals surface area contributed by atoms with Crippen LogP contribution >= 0.6 is 0 Å². The molecule has 2 unspecified atom stereocenters. The van der Waals surface area contributed by atoms with Gasteiger partial charge in [-0.1, -0.05) is 0 Å². The van der Waals surface area contributed by atoms with Gasteiger partial charge in [0.1, 0.15) is 6.29 Å². The molecule has 0 heterocycles. The van der Waals surface area contributed by atoms with Gasteiger partial charge in [0.25, 0.3) is 0 Å². The molecule has 0 bridgehead atoms. The molecule has 0 N–H and O–H groups in total. The molecule has 68 valence electrons. The molecule has 0 aromatic rings. The van der Waals surface area contributed by atoms with E-state index >= 15 is 0 Å². The lowest BCUT2D eigenvalue weighted by molar-refractivity contribution is -0.237. The Hall–Kier alpha value is -0.870. The lowest BCUT2D eigenvalue weighted by atomic mass is 9.75. The molecule has 5 heteroatoms. The summed E-state index contributed by atoms with van der Waals surface area (Å²) in [5, 5.41) is 0. The number of rotatable bonds is 2. The fraction of sp³-hybridized carbons (Fsp3) is 0.571. The Kier molecular flexibility index (Phi) is 1.97. The van der Waals surface area contributed by atoms with Gasteiger partial charge in [-0.2, -0.15) is 8.78 Å². The van der Waals surface area contributed by atoms with Gasteiger partial charge in [0.2, 0.25) is 0 Å². The van der Waals surface area contributed by atoms with Crippen LogP contribution in [0.3, 0.4) is 0 Å². The molecule has 1 saturated carbocycles. The first kappa shape index (κ1) is 9.22. The molecule has 0 spiro atoms. The largest absolute Gasteiger partial charge is 0.315 e. The van der Waals surface area contributed by atoms with Gasteiger partial charge in [0.05, 0.1) is 0 Å². The molecule has 2 atom stereocenters. The van der Waals surface area contributed by atoms with Crippen molar-refractivity contribution in [2.24, 2.45) is 0 Å². The highest BCUT2D eigenvalue weighted by Crippen LogP contribution is 2.52.